The lowest BCUT2D eigenvalue weighted by molar-refractivity contribution is -0.121. The normalized spacial score (nSPS) is 9.73. The van der Waals surface area contributed by atoms with E-state index < -0.39 is 0 Å². The van der Waals surface area contributed by atoms with Crippen LogP contribution in [0.15, 0.2) is 24.3 Å². The van der Waals surface area contributed by atoms with Crippen LogP contribution in [0.5, 0.6) is 0 Å². The molecule has 124 valence electrons. The van der Waals surface area contributed by atoms with Crippen molar-refractivity contribution in [3.05, 3.63) is 35.4 Å². The van der Waals surface area contributed by atoms with Gasteiger partial charge in [0.05, 0.1) is 0 Å². The maximum atomic E-state index is 11.7. The maximum absolute atomic E-state index is 11.7. The standard InChI is InChI=1S/C16H25N3O2.ClH/c1-18-16(21)14-8-6-7-13(11-14)12-19-15(20)9-4-2-3-5-10-17;/h6-8,11H,2-5,9-10,12,17H2,1H3,(H,18,21)(H,19,20);1H. The highest BCUT2D eigenvalue weighted by atomic mass is 35.5. The van der Waals surface area contributed by atoms with Crippen molar-refractivity contribution in [1.82, 2.24) is 10.6 Å². The Balaban J connectivity index is 0.00000441. The summed E-state index contributed by atoms with van der Waals surface area (Å²) in [6.07, 6.45) is 4.58. The van der Waals surface area contributed by atoms with Crippen LogP contribution in [0.2, 0.25) is 0 Å². The first-order valence-electron chi connectivity index (χ1n) is 7.45. The third-order valence-electron chi connectivity index (χ3n) is 3.26. The number of unbranched alkanes of at least 4 members (excludes halogenated alkanes) is 3. The molecule has 0 aromatic heterocycles. The fraction of sp³-hybridized carbons (Fsp3) is 0.500. The molecule has 0 spiro atoms. The van der Waals surface area contributed by atoms with E-state index in [1.165, 1.54) is 0 Å². The Bertz CT molecular complexity index is 466. The molecular weight excluding hydrogens is 302 g/mol. The van der Waals surface area contributed by atoms with Gasteiger partial charge < -0.3 is 16.4 Å². The third-order valence-corrected chi connectivity index (χ3v) is 3.26. The van der Waals surface area contributed by atoms with E-state index in [-0.39, 0.29) is 24.2 Å². The van der Waals surface area contributed by atoms with Crippen LogP contribution in [-0.4, -0.2) is 25.4 Å². The van der Waals surface area contributed by atoms with Crippen molar-refractivity contribution in [2.75, 3.05) is 13.6 Å². The van der Waals surface area contributed by atoms with Crippen molar-refractivity contribution in [3.8, 4) is 0 Å². The largest absolute Gasteiger partial charge is 0.355 e. The Morgan fingerprint density at radius 1 is 1.14 bits per heavy atom. The van der Waals surface area contributed by atoms with Crippen LogP contribution < -0.4 is 16.4 Å². The van der Waals surface area contributed by atoms with Crippen molar-refractivity contribution < 1.29 is 9.59 Å². The topological polar surface area (TPSA) is 84.2 Å². The summed E-state index contributed by atoms with van der Waals surface area (Å²) in [5.74, 6) is -0.0730. The number of carbonyl (C=O) groups is 2. The molecule has 0 aliphatic rings. The summed E-state index contributed by atoms with van der Waals surface area (Å²) < 4.78 is 0. The van der Waals surface area contributed by atoms with Crippen LogP contribution in [-0.2, 0) is 11.3 Å². The Morgan fingerprint density at radius 2 is 1.86 bits per heavy atom. The molecule has 0 aliphatic heterocycles. The molecule has 4 N–H and O–H groups in total. The van der Waals surface area contributed by atoms with Crippen molar-refractivity contribution in [3.63, 3.8) is 0 Å². The minimum Gasteiger partial charge on any atom is -0.355 e. The molecule has 0 saturated heterocycles. The lowest BCUT2D eigenvalue weighted by atomic mass is 10.1. The molecule has 5 nitrogen and oxygen atoms in total. The van der Waals surface area contributed by atoms with Crippen LogP contribution >= 0.6 is 12.4 Å². The fourth-order valence-electron chi connectivity index (χ4n) is 2.04. The SMILES string of the molecule is CNC(=O)c1cccc(CNC(=O)CCCCCCN)c1.Cl. The fourth-order valence-corrected chi connectivity index (χ4v) is 2.04. The second-order valence-corrected chi connectivity index (χ2v) is 5.01. The molecule has 0 saturated carbocycles. The molecule has 1 aromatic rings. The van der Waals surface area contributed by atoms with Crippen LogP contribution in [0.4, 0.5) is 0 Å². The molecule has 6 heteroatoms. The van der Waals surface area contributed by atoms with Crippen molar-refractivity contribution in [1.29, 1.82) is 0 Å². The van der Waals surface area contributed by atoms with Gasteiger partial charge in [-0.25, -0.2) is 0 Å². The average Bonchev–Trinajstić information content (AvgIpc) is 2.52. The van der Waals surface area contributed by atoms with E-state index in [4.69, 9.17) is 5.73 Å². The van der Waals surface area contributed by atoms with E-state index in [2.05, 4.69) is 10.6 Å². The van der Waals surface area contributed by atoms with Gasteiger partial charge in [-0.1, -0.05) is 25.0 Å². The summed E-state index contributed by atoms with van der Waals surface area (Å²) >= 11 is 0. The second-order valence-electron chi connectivity index (χ2n) is 5.01. The van der Waals surface area contributed by atoms with Gasteiger partial charge in [0.25, 0.3) is 5.91 Å². The Kier molecular flexibility index (Phi) is 11.1. The third kappa shape index (κ3) is 8.00. The highest BCUT2D eigenvalue weighted by Crippen LogP contribution is 2.06. The number of hydrogen-bond donors (Lipinski definition) is 3. The minimum atomic E-state index is -0.122. The molecule has 1 rings (SSSR count). The van der Waals surface area contributed by atoms with Crippen molar-refractivity contribution >= 4 is 24.2 Å². The number of nitrogens with two attached hydrogens (primary N) is 1. The molecule has 0 aliphatic carbocycles. The van der Waals surface area contributed by atoms with Gasteiger partial charge in [-0.05, 0) is 37.1 Å². The Morgan fingerprint density at radius 3 is 2.55 bits per heavy atom. The molecule has 0 bridgehead atoms. The molecule has 0 heterocycles. The van der Waals surface area contributed by atoms with Crippen LogP contribution in [0.3, 0.4) is 0 Å². The average molecular weight is 328 g/mol. The van der Waals surface area contributed by atoms with Crippen LogP contribution in [0, 0.1) is 0 Å². The lowest BCUT2D eigenvalue weighted by Crippen LogP contribution is -2.23. The molecule has 0 radical (unpaired) electrons. The quantitative estimate of drug-likeness (QED) is 0.606. The summed E-state index contributed by atoms with van der Waals surface area (Å²) in [7, 11) is 1.60. The number of halogens is 1. The summed E-state index contributed by atoms with van der Waals surface area (Å²) in [5, 5.41) is 5.46. The maximum Gasteiger partial charge on any atom is 0.251 e. The van der Waals surface area contributed by atoms with Gasteiger partial charge in [0.15, 0.2) is 0 Å². The monoisotopic (exact) mass is 327 g/mol. The van der Waals surface area contributed by atoms with Gasteiger partial charge in [0.1, 0.15) is 0 Å². The molecule has 0 fully saturated rings. The second kappa shape index (κ2) is 12.0. The number of rotatable bonds is 9. The Labute approximate surface area is 138 Å². The highest BCUT2D eigenvalue weighted by Gasteiger charge is 2.05. The summed E-state index contributed by atoms with van der Waals surface area (Å²) in [6, 6.07) is 7.26. The molecule has 0 unspecified atom stereocenters. The number of benzene rings is 1. The zero-order valence-corrected chi connectivity index (χ0v) is 13.9. The smallest absolute Gasteiger partial charge is 0.251 e. The van der Waals surface area contributed by atoms with Gasteiger partial charge in [0, 0.05) is 25.6 Å². The summed E-state index contributed by atoms with van der Waals surface area (Å²) in [5.41, 5.74) is 6.94. The van der Waals surface area contributed by atoms with Gasteiger partial charge in [-0.2, -0.15) is 0 Å². The predicted octanol–water partition coefficient (Wildman–Crippen LogP) is 1.99. The first kappa shape index (κ1) is 20.4. The summed E-state index contributed by atoms with van der Waals surface area (Å²) in [6.45, 7) is 1.17. The van der Waals surface area contributed by atoms with Gasteiger partial charge in [0.2, 0.25) is 5.91 Å². The van der Waals surface area contributed by atoms with E-state index >= 15 is 0 Å². The molecule has 0 atom stereocenters. The number of hydrogen-bond acceptors (Lipinski definition) is 3. The summed E-state index contributed by atoms with van der Waals surface area (Å²) in [4.78, 5) is 23.2. The zero-order valence-electron chi connectivity index (χ0n) is 13.1. The number of carbonyl (C=O) groups excluding carboxylic acids is 2. The van der Waals surface area contributed by atoms with E-state index in [0.717, 1.165) is 31.2 Å². The van der Waals surface area contributed by atoms with Crippen LogP contribution in [0.25, 0.3) is 0 Å². The van der Waals surface area contributed by atoms with Gasteiger partial charge in [-0.15, -0.1) is 12.4 Å². The molecular formula is C16H26ClN3O2. The van der Waals surface area contributed by atoms with Gasteiger partial charge in [-0.3, -0.25) is 9.59 Å². The zero-order chi connectivity index (χ0) is 15.5. The van der Waals surface area contributed by atoms with E-state index in [1.807, 2.05) is 12.1 Å². The van der Waals surface area contributed by atoms with E-state index in [1.54, 1.807) is 19.2 Å². The molecule has 22 heavy (non-hydrogen) atoms. The Hall–Kier alpha value is -1.59. The molecule has 1 aromatic carbocycles. The predicted molar refractivity (Wildman–Crippen MR) is 91.1 cm³/mol. The van der Waals surface area contributed by atoms with Crippen molar-refractivity contribution in [2.24, 2.45) is 5.73 Å². The minimum absolute atomic E-state index is 0. The van der Waals surface area contributed by atoms with E-state index in [9.17, 15) is 9.59 Å². The first-order chi connectivity index (χ1) is 10.2. The lowest BCUT2D eigenvalue weighted by Gasteiger charge is -2.07. The van der Waals surface area contributed by atoms with Crippen molar-refractivity contribution in [2.45, 2.75) is 38.6 Å². The number of nitrogens with one attached hydrogen (secondary N) is 2. The first-order valence-corrected chi connectivity index (χ1v) is 7.45. The van der Waals surface area contributed by atoms with E-state index in [0.29, 0.717) is 25.1 Å². The van der Waals surface area contributed by atoms with Crippen LogP contribution in [0.1, 0.15) is 48.0 Å². The van der Waals surface area contributed by atoms with Gasteiger partial charge >= 0.3 is 0 Å². The highest BCUT2D eigenvalue weighted by molar-refractivity contribution is 5.94. The molecule has 2 amide bonds. The number of amides is 2.